The summed E-state index contributed by atoms with van der Waals surface area (Å²) in [6, 6.07) is 8.86. The summed E-state index contributed by atoms with van der Waals surface area (Å²) in [5.74, 6) is 5.63. The molecule has 0 fully saturated rings. The van der Waals surface area contributed by atoms with Crippen LogP contribution in [-0.2, 0) is 6.54 Å². The van der Waals surface area contributed by atoms with Gasteiger partial charge in [0.15, 0.2) is 0 Å². The van der Waals surface area contributed by atoms with Crippen molar-refractivity contribution in [3.63, 3.8) is 0 Å². The molecule has 0 aliphatic carbocycles. The van der Waals surface area contributed by atoms with Gasteiger partial charge in [0.2, 0.25) is 0 Å². The predicted molar refractivity (Wildman–Crippen MR) is 76.2 cm³/mol. The van der Waals surface area contributed by atoms with E-state index in [9.17, 15) is 0 Å². The third-order valence-electron chi connectivity index (χ3n) is 3.24. The number of aliphatic hydroxyl groups is 1. The number of nitrogens with zero attached hydrogens (tertiary/aromatic N) is 1. The first-order valence-electron chi connectivity index (χ1n) is 6.60. The maximum atomic E-state index is 8.70. The van der Waals surface area contributed by atoms with E-state index in [2.05, 4.69) is 49.8 Å². The van der Waals surface area contributed by atoms with Gasteiger partial charge in [-0.2, -0.15) is 0 Å². The Balaban J connectivity index is 2.72. The van der Waals surface area contributed by atoms with E-state index in [1.54, 1.807) is 0 Å². The minimum Gasteiger partial charge on any atom is -0.384 e. The van der Waals surface area contributed by atoms with Gasteiger partial charge in [-0.15, -0.1) is 0 Å². The summed E-state index contributed by atoms with van der Waals surface area (Å²) in [6.45, 7) is 5.32. The molecule has 0 bridgehead atoms. The molecule has 0 amide bonds. The van der Waals surface area contributed by atoms with Crippen molar-refractivity contribution in [3.8, 4) is 11.8 Å². The van der Waals surface area contributed by atoms with Gasteiger partial charge in [-0.25, -0.2) is 0 Å². The van der Waals surface area contributed by atoms with E-state index in [-0.39, 0.29) is 6.61 Å². The first kappa shape index (κ1) is 14.8. The fourth-order valence-corrected chi connectivity index (χ4v) is 2.22. The molecule has 1 N–H and O–H groups in total. The molecule has 0 radical (unpaired) electrons. The van der Waals surface area contributed by atoms with Crippen LogP contribution in [0.15, 0.2) is 24.3 Å². The summed E-state index contributed by atoms with van der Waals surface area (Å²) in [4.78, 5) is 2.39. The molecule has 98 valence electrons. The molecule has 1 aromatic rings. The zero-order chi connectivity index (χ0) is 13.4. The fraction of sp³-hybridized carbons (Fsp3) is 0.500. The highest BCUT2D eigenvalue weighted by molar-refractivity contribution is 5.37. The molecule has 0 aromatic heterocycles. The van der Waals surface area contributed by atoms with Crippen molar-refractivity contribution in [2.45, 2.75) is 39.3 Å². The van der Waals surface area contributed by atoms with Crippen molar-refractivity contribution >= 4 is 0 Å². The Bertz CT molecular complexity index is 413. The first-order chi connectivity index (χ1) is 8.71. The Kier molecular flexibility index (Phi) is 6.49. The van der Waals surface area contributed by atoms with E-state index in [1.807, 2.05) is 12.1 Å². The second kappa shape index (κ2) is 7.92. The van der Waals surface area contributed by atoms with Gasteiger partial charge in [0.1, 0.15) is 6.61 Å². The van der Waals surface area contributed by atoms with E-state index in [0.29, 0.717) is 6.04 Å². The largest absolute Gasteiger partial charge is 0.384 e. The second-order valence-electron chi connectivity index (χ2n) is 4.55. The molecule has 1 rings (SSSR count). The van der Waals surface area contributed by atoms with Crippen LogP contribution in [-0.4, -0.2) is 29.7 Å². The molecule has 2 nitrogen and oxygen atoms in total. The molecule has 0 heterocycles. The van der Waals surface area contributed by atoms with Crippen molar-refractivity contribution in [1.29, 1.82) is 0 Å². The molecule has 0 saturated heterocycles. The normalized spacial score (nSPS) is 10.6. The quantitative estimate of drug-likeness (QED) is 0.806. The van der Waals surface area contributed by atoms with Crippen LogP contribution in [0.5, 0.6) is 0 Å². The lowest BCUT2D eigenvalue weighted by atomic mass is 10.1. The van der Waals surface area contributed by atoms with Gasteiger partial charge in [-0.1, -0.05) is 37.8 Å². The summed E-state index contributed by atoms with van der Waals surface area (Å²) < 4.78 is 0. The first-order valence-corrected chi connectivity index (χ1v) is 6.60. The van der Waals surface area contributed by atoms with Gasteiger partial charge < -0.3 is 5.11 Å². The van der Waals surface area contributed by atoms with Crippen LogP contribution in [0.25, 0.3) is 0 Å². The van der Waals surface area contributed by atoms with Gasteiger partial charge in [0.25, 0.3) is 0 Å². The topological polar surface area (TPSA) is 23.5 Å². The van der Waals surface area contributed by atoms with E-state index < -0.39 is 0 Å². The van der Waals surface area contributed by atoms with Crippen LogP contribution >= 0.6 is 0 Å². The minimum absolute atomic E-state index is 0.0854. The number of benzene rings is 1. The Hall–Kier alpha value is -1.30. The smallest absolute Gasteiger partial charge is 0.104 e. The third-order valence-corrected chi connectivity index (χ3v) is 3.24. The summed E-state index contributed by atoms with van der Waals surface area (Å²) in [7, 11) is 2.17. The van der Waals surface area contributed by atoms with Crippen molar-refractivity contribution < 1.29 is 5.11 Å². The second-order valence-corrected chi connectivity index (χ2v) is 4.55. The van der Waals surface area contributed by atoms with Gasteiger partial charge in [-0.05, 0) is 37.6 Å². The van der Waals surface area contributed by atoms with Crippen molar-refractivity contribution in [2.24, 2.45) is 0 Å². The molecular formula is C16H23NO. The van der Waals surface area contributed by atoms with Gasteiger partial charge in [0.05, 0.1) is 0 Å². The van der Waals surface area contributed by atoms with Crippen LogP contribution in [0.1, 0.15) is 37.8 Å². The van der Waals surface area contributed by atoms with Gasteiger partial charge >= 0.3 is 0 Å². The summed E-state index contributed by atoms with van der Waals surface area (Å²) in [6.07, 6.45) is 2.36. The van der Waals surface area contributed by atoms with Crippen molar-refractivity contribution in [1.82, 2.24) is 4.90 Å². The fourth-order valence-electron chi connectivity index (χ4n) is 2.22. The SMILES string of the molecule is CCC(CC)N(C)Cc1cccc(C#CCO)c1. The lowest BCUT2D eigenvalue weighted by molar-refractivity contribution is 0.222. The average Bonchev–Trinajstić information content (AvgIpc) is 2.38. The average molecular weight is 245 g/mol. The molecule has 0 atom stereocenters. The molecule has 0 unspecified atom stereocenters. The highest BCUT2D eigenvalue weighted by Gasteiger charge is 2.10. The standard InChI is InChI=1S/C16H23NO/c1-4-16(5-2)17(3)13-15-9-6-8-14(12-15)10-7-11-18/h6,8-9,12,16,18H,4-5,11,13H2,1-3H3. The number of rotatable bonds is 5. The monoisotopic (exact) mass is 245 g/mol. The maximum Gasteiger partial charge on any atom is 0.104 e. The van der Waals surface area contributed by atoms with Crippen molar-refractivity contribution in [2.75, 3.05) is 13.7 Å². The Morgan fingerprint density at radius 3 is 2.61 bits per heavy atom. The molecule has 0 spiro atoms. The van der Waals surface area contributed by atoms with Crippen LogP contribution in [0.3, 0.4) is 0 Å². The maximum absolute atomic E-state index is 8.70. The number of hydrogen-bond acceptors (Lipinski definition) is 2. The zero-order valence-electron chi connectivity index (χ0n) is 11.6. The Morgan fingerprint density at radius 1 is 1.28 bits per heavy atom. The molecular weight excluding hydrogens is 222 g/mol. The molecule has 2 heteroatoms. The van der Waals surface area contributed by atoms with E-state index >= 15 is 0 Å². The van der Waals surface area contributed by atoms with Gasteiger partial charge in [-0.3, -0.25) is 4.90 Å². The van der Waals surface area contributed by atoms with E-state index in [0.717, 1.165) is 12.1 Å². The van der Waals surface area contributed by atoms with E-state index in [1.165, 1.54) is 18.4 Å². The van der Waals surface area contributed by atoms with Crippen LogP contribution < -0.4 is 0 Å². The molecule has 0 aliphatic rings. The third kappa shape index (κ3) is 4.52. The van der Waals surface area contributed by atoms with Crippen LogP contribution in [0.2, 0.25) is 0 Å². The molecule has 0 saturated carbocycles. The highest BCUT2D eigenvalue weighted by atomic mass is 16.2. The molecule has 18 heavy (non-hydrogen) atoms. The zero-order valence-corrected chi connectivity index (χ0v) is 11.6. The summed E-state index contributed by atoms with van der Waals surface area (Å²) >= 11 is 0. The van der Waals surface area contributed by atoms with Gasteiger partial charge in [0, 0.05) is 18.2 Å². The van der Waals surface area contributed by atoms with Crippen LogP contribution in [0.4, 0.5) is 0 Å². The number of aliphatic hydroxyl groups excluding tert-OH is 1. The Morgan fingerprint density at radius 2 is 2.00 bits per heavy atom. The number of hydrogen-bond donors (Lipinski definition) is 1. The Labute approximate surface area is 111 Å². The van der Waals surface area contributed by atoms with E-state index in [4.69, 9.17) is 5.11 Å². The lowest BCUT2D eigenvalue weighted by Crippen LogP contribution is -2.29. The predicted octanol–water partition coefficient (Wildman–Crippen LogP) is 2.65. The molecule has 1 aromatic carbocycles. The van der Waals surface area contributed by atoms with Crippen LogP contribution in [0, 0.1) is 11.8 Å². The highest BCUT2D eigenvalue weighted by Crippen LogP contribution is 2.12. The van der Waals surface area contributed by atoms with Crippen molar-refractivity contribution in [3.05, 3.63) is 35.4 Å². The summed E-state index contributed by atoms with van der Waals surface area (Å²) in [5.41, 5.74) is 2.24. The minimum atomic E-state index is -0.0854. The lowest BCUT2D eigenvalue weighted by Gasteiger charge is -2.26. The molecule has 0 aliphatic heterocycles. The summed E-state index contributed by atoms with van der Waals surface area (Å²) in [5, 5.41) is 8.70.